The highest BCUT2D eigenvalue weighted by molar-refractivity contribution is 5.83. The lowest BCUT2D eigenvalue weighted by molar-refractivity contribution is -0.174. The molecule has 106 valence electrons. The first kappa shape index (κ1) is 13.1. The Morgan fingerprint density at radius 3 is 2.65 bits per heavy atom. The molecule has 2 unspecified atom stereocenters. The fourth-order valence-corrected chi connectivity index (χ4v) is 2.85. The molecule has 1 saturated carbocycles. The highest BCUT2D eigenvalue weighted by Crippen LogP contribution is 2.40. The number of rotatable bonds is 3. The first-order chi connectivity index (χ1) is 9.59. The summed E-state index contributed by atoms with van der Waals surface area (Å²) in [6.45, 7) is 1.79. The topological polar surface area (TPSA) is 66.8 Å². The highest BCUT2D eigenvalue weighted by atomic mass is 16.5. The molecule has 5 heteroatoms. The SMILES string of the molecule is Cc1ccccc1C1C(C(=O)O)OCC(=O)N1C1CC1. The summed E-state index contributed by atoms with van der Waals surface area (Å²) < 4.78 is 5.29. The van der Waals surface area contributed by atoms with Crippen LogP contribution >= 0.6 is 0 Å². The van der Waals surface area contributed by atoms with E-state index in [-0.39, 0.29) is 18.6 Å². The molecule has 0 spiro atoms. The Kier molecular flexibility index (Phi) is 3.22. The van der Waals surface area contributed by atoms with Crippen molar-refractivity contribution in [3.05, 3.63) is 35.4 Å². The molecule has 20 heavy (non-hydrogen) atoms. The number of benzene rings is 1. The molecule has 0 aromatic heterocycles. The van der Waals surface area contributed by atoms with E-state index in [2.05, 4.69) is 0 Å². The van der Waals surface area contributed by atoms with Crippen LogP contribution in [0.1, 0.15) is 30.0 Å². The largest absolute Gasteiger partial charge is 0.479 e. The average molecular weight is 275 g/mol. The molecule has 1 amide bonds. The minimum Gasteiger partial charge on any atom is -0.479 e. The van der Waals surface area contributed by atoms with Crippen molar-refractivity contribution in [2.45, 2.75) is 38.0 Å². The number of hydrogen-bond acceptors (Lipinski definition) is 3. The summed E-state index contributed by atoms with van der Waals surface area (Å²) in [5, 5.41) is 9.40. The third-order valence-electron chi connectivity index (χ3n) is 3.95. The number of aryl methyl sites for hydroxylation is 1. The highest BCUT2D eigenvalue weighted by Gasteiger charge is 2.47. The van der Waals surface area contributed by atoms with E-state index in [0.717, 1.165) is 24.0 Å². The third-order valence-corrected chi connectivity index (χ3v) is 3.95. The predicted molar refractivity (Wildman–Crippen MR) is 71.2 cm³/mol. The molecule has 2 atom stereocenters. The summed E-state index contributed by atoms with van der Waals surface area (Å²) in [6, 6.07) is 7.22. The van der Waals surface area contributed by atoms with E-state index in [1.165, 1.54) is 0 Å². The van der Waals surface area contributed by atoms with Gasteiger partial charge in [0, 0.05) is 6.04 Å². The summed E-state index contributed by atoms with van der Waals surface area (Å²) in [5.41, 5.74) is 1.84. The van der Waals surface area contributed by atoms with E-state index in [9.17, 15) is 14.7 Å². The zero-order valence-corrected chi connectivity index (χ0v) is 11.3. The van der Waals surface area contributed by atoms with Gasteiger partial charge in [-0.3, -0.25) is 4.79 Å². The summed E-state index contributed by atoms with van der Waals surface area (Å²) in [7, 11) is 0. The maximum absolute atomic E-state index is 12.1. The lowest BCUT2D eigenvalue weighted by Crippen LogP contribution is -2.52. The molecule has 3 rings (SSSR count). The zero-order chi connectivity index (χ0) is 14.3. The molecular formula is C15H17NO4. The normalized spacial score (nSPS) is 26.6. The molecule has 1 aromatic rings. The van der Waals surface area contributed by atoms with Crippen LogP contribution in [0.25, 0.3) is 0 Å². The monoisotopic (exact) mass is 275 g/mol. The molecule has 5 nitrogen and oxygen atoms in total. The molecule has 2 fully saturated rings. The Labute approximate surface area is 117 Å². The van der Waals surface area contributed by atoms with E-state index in [4.69, 9.17) is 4.74 Å². The molecule has 1 aromatic carbocycles. The second kappa shape index (κ2) is 4.90. The molecule has 1 aliphatic heterocycles. The van der Waals surface area contributed by atoms with Crippen LogP contribution in [0, 0.1) is 6.92 Å². The summed E-state index contributed by atoms with van der Waals surface area (Å²) in [6.07, 6.45) is 0.899. The molecule has 1 N–H and O–H groups in total. The zero-order valence-electron chi connectivity index (χ0n) is 11.3. The summed E-state index contributed by atoms with van der Waals surface area (Å²) in [5.74, 6) is -1.13. The van der Waals surface area contributed by atoms with Gasteiger partial charge in [-0.1, -0.05) is 24.3 Å². The standard InChI is InChI=1S/C15H17NO4/c1-9-4-2-3-5-11(9)13-14(15(18)19)20-8-12(17)16(13)10-6-7-10/h2-5,10,13-14H,6-8H2,1H3,(H,18,19). The fourth-order valence-electron chi connectivity index (χ4n) is 2.85. The smallest absolute Gasteiger partial charge is 0.335 e. The summed E-state index contributed by atoms with van der Waals surface area (Å²) >= 11 is 0. The van der Waals surface area contributed by atoms with Crippen LogP contribution in [0.3, 0.4) is 0 Å². The molecule has 2 aliphatic rings. The lowest BCUT2D eigenvalue weighted by atomic mass is 9.94. The van der Waals surface area contributed by atoms with E-state index >= 15 is 0 Å². The van der Waals surface area contributed by atoms with Gasteiger partial charge in [0.15, 0.2) is 6.10 Å². The van der Waals surface area contributed by atoms with Crippen molar-refractivity contribution in [3.63, 3.8) is 0 Å². The van der Waals surface area contributed by atoms with Gasteiger partial charge in [-0.15, -0.1) is 0 Å². The van der Waals surface area contributed by atoms with Crippen LogP contribution in [-0.4, -0.2) is 40.6 Å². The van der Waals surface area contributed by atoms with Gasteiger partial charge in [-0.25, -0.2) is 4.79 Å². The van der Waals surface area contributed by atoms with E-state index in [1.54, 1.807) is 4.90 Å². The fraction of sp³-hybridized carbons (Fsp3) is 0.467. The first-order valence-electron chi connectivity index (χ1n) is 6.80. The molecule has 0 radical (unpaired) electrons. The number of carboxylic acid groups (broad SMARTS) is 1. The Morgan fingerprint density at radius 1 is 1.35 bits per heavy atom. The van der Waals surface area contributed by atoms with Crippen LogP contribution in [0.4, 0.5) is 0 Å². The van der Waals surface area contributed by atoms with Crippen LogP contribution in [-0.2, 0) is 14.3 Å². The van der Waals surface area contributed by atoms with Gasteiger partial charge in [0.1, 0.15) is 6.61 Å². The Bertz CT molecular complexity index is 553. The number of hydrogen-bond donors (Lipinski definition) is 1. The third kappa shape index (κ3) is 2.18. The van der Waals surface area contributed by atoms with Crippen molar-refractivity contribution in [1.29, 1.82) is 0 Å². The van der Waals surface area contributed by atoms with Gasteiger partial charge >= 0.3 is 5.97 Å². The Balaban J connectivity index is 2.05. The van der Waals surface area contributed by atoms with Gasteiger partial charge in [-0.2, -0.15) is 0 Å². The van der Waals surface area contributed by atoms with Crippen molar-refractivity contribution in [2.24, 2.45) is 0 Å². The number of carbonyl (C=O) groups is 2. The number of carbonyl (C=O) groups excluding carboxylic acids is 1. The molecule has 0 bridgehead atoms. The second-order valence-electron chi connectivity index (χ2n) is 5.40. The molecule has 1 saturated heterocycles. The van der Waals surface area contributed by atoms with E-state index < -0.39 is 18.1 Å². The van der Waals surface area contributed by atoms with Gasteiger partial charge in [-0.05, 0) is 30.9 Å². The molecule has 1 aliphatic carbocycles. The van der Waals surface area contributed by atoms with Crippen molar-refractivity contribution in [2.75, 3.05) is 6.61 Å². The van der Waals surface area contributed by atoms with Crippen LogP contribution < -0.4 is 0 Å². The quantitative estimate of drug-likeness (QED) is 0.908. The average Bonchev–Trinajstić information content (AvgIpc) is 3.23. The molecular weight excluding hydrogens is 258 g/mol. The number of ether oxygens (including phenoxy) is 1. The van der Waals surface area contributed by atoms with Gasteiger partial charge in [0.25, 0.3) is 0 Å². The lowest BCUT2D eigenvalue weighted by Gasteiger charge is -2.40. The summed E-state index contributed by atoms with van der Waals surface area (Å²) in [4.78, 5) is 25.4. The van der Waals surface area contributed by atoms with E-state index in [0.29, 0.717) is 0 Å². The Morgan fingerprint density at radius 2 is 2.05 bits per heavy atom. The maximum atomic E-state index is 12.1. The van der Waals surface area contributed by atoms with Gasteiger partial charge in [0.05, 0.1) is 6.04 Å². The number of nitrogens with zero attached hydrogens (tertiary/aromatic N) is 1. The number of aliphatic carboxylic acids is 1. The van der Waals surface area contributed by atoms with Crippen molar-refractivity contribution >= 4 is 11.9 Å². The second-order valence-corrected chi connectivity index (χ2v) is 5.40. The van der Waals surface area contributed by atoms with E-state index in [1.807, 2.05) is 31.2 Å². The minimum atomic E-state index is -1.02. The van der Waals surface area contributed by atoms with Crippen LogP contribution in [0.15, 0.2) is 24.3 Å². The predicted octanol–water partition coefficient (Wildman–Crippen LogP) is 1.51. The van der Waals surface area contributed by atoms with Gasteiger partial charge < -0.3 is 14.7 Å². The van der Waals surface area contributed by atoms with Crippen molar-refractivity contribution in [3.8, 4) is 0 Å². The number of morpholine rings is 1. The van der Waals surface area contributed by atoms with Crippen LogP contribution in [0.5, 0.6) is 0 Å². The first-order valence-corrected chi connectivity index (χ1v) is 6.80. The van der Waals surface area contributed by atoms with Crippen LogP contribution in [0.2, 0.25) is 0 Å². The molecule has 1 heterocycles. The Hall–Kier alpha value is -1.88. The maximum Gasteiger partial charge on any atom is 0.335 e. The number of amides is 1. The van der Waals surface area contributed by atoms with Crippen molar-refractivity contribution < 1.29 is 19.4 Å². The van der Waals surface area contributed by atoms with Gasteiger partial charge in [0.2, 0.25) is 5.91 Å². The van der Waals surface area contributed by atoms with Crippen molar-refractivity contribution in [1.82, 2.24) is 4.90 Å². The minimum absolute atomic E-state index is 0.113. The number of carboxylic acids is 1.